The molecular weight excluding hydrogens is 216 g/mol. The molecule has 94 valence electrons. The summed E-state index contributed by atoms with van der Waals surface area (Å²) in [6, 6.07) is 0. The van der Waals surface area contributed by atoms with E-state index < -0.39 is 0 Å². The molecule has 2 atom stereocenters. The first-order valence-corrected chi connectivity index (χ1v) is 7.65. The van der Waals surface area contributed by atoms with Crippen molar-refractivity contribution in [3.63, 3.8) is 0 Å². The lowest BCUT2D eigenvalue weighted by molar-refractivity contribution is -0.0688. The van der Waals surface area contributed by atoms with Crippen molar-refractivity contribution in [2.45, 2.75) is 64.4 Å². The van der Waals surface area contributed by atoms with Crippen molar-refractivity contribution >= 4 is 12.6 Å². The molecule has 0 aromatic rings. The summed E-state index contributed by atoms with van der Waals surface area (Å²) in [5.74, 6) is 1.84. The second-order valence-electron chi connectivity index (χ2n) is 5.81. The van der Waals surface area contributed by atoms with Crippen molar-refractivity contribution in [3.05, 3.63) is 0 Å². The Morgan fingerprint density at radius 1 is 1.19 bits per heavy atom. The Labute approximate surface area is 106 Å². The lowest BCUT2D eigenvalue weighted by atomic mass is 9.71. The Kier molecular flexibility index (Phi) is 4.60. The van der Waals surface area contributed by atoms with Crippen LogP contribution in [0.4, 0.5) is 0 Å². The predicted molar refractivity (Wildman–Crippen MR) is 72.1 cm³/mol. The van der Waals surface area contributed by atoms with Crippen molar-refractivity contribution < 1.29 is 4.74 Å². The smallest absolute Gasteiger partial charge is 0.0603 e. The van der Waals surface area contributed by atoms with E-state index >= 15 is 0 Å². The van der Waals surface area contributed by atoms with E-state index in [1.807, 2.05) is 0 Å². The Hall–Kier alpha value is 0.310. The standard InChI is InChI=1S/C14H26OS/c1-2-12-6-3-4-7-13(12)15-10-14(11-16)8-5-9-14/h12-13,16H,2-11H2,1H3. The van der Waals surface area contributed by atoms with Gasteiger partial charge in [0.25, 0.3) is 0 Å². The van der Waals surface area contributed by atoms with E-state index in [9.17, 15) is 0 Å². The fourth-order valence-corrected chi connectivity index (χ4v) is 3.58. The molecule has 16 heavy (non-hydrogen) atoms. The van der Waals surface area contributed by atoms with E-state index in [0.29, 0.717) is 11.5 Å². The Morgan fingerprint density at radius 2 is 1.94 bits per heavy atom. The zero-order chi connectivity index (χ0) is 11.4. The van der Waals surface area contributed by atoms with Crippen LogP contribution in [0.1, 0.15) is 58.3 Å². The summed E-state index contributed by atoms with van der Waals surface area (Å²) in [6.07, 6.45) is 11.3. The topological polar surface area (TPSA) is 9.23 Å². The number of rotatable bonds is 5. The van der Waals surface area contributed by atoms with Gasteiger partial charge in [0.15, 0.2) is 0 Å². The van der Waals surface area contributed by atoms with Gasteiger partial charge >= 0.3 is 0 Å². The van der Waals surface area contributed by atoms with Crippen molar-refractivity contribution in [2.24, 2.45) is 11.3 Å². The van der Waals surface area contributed by atoms with Gasteiger partial charge in [-0.1, -0.05) is 32.6 Å². The van der Waals surface area contributed by atoms with Crippen LogP contribution in [0, 0.1) is 11.3 Å². The van der Waals surface area contributed by atoms with Crippen molar-refractivity contribution in [3.8, 4) is 0 Å². The second kappa shape index (κ2) is 5.77. The van der Waals surface area contributed by atoms with E-state index in [-0.39, 0.29) is 0 Å². The summed E-state index contributed by atoms with van der Waals surface area (Å²) in [7, 11) is 0. The highest BCUT2D eigenvalue weighted by Crippen LogP contribution is 2.43. The molecule has 2 unspecified atom stereocenters. The molecule has 0 N–H and O–H groups in total. The molecule has 0 bridgehead atoms. The van der Waals surface area contributed by atoms with Crippen LogP contribution in [0.5, 0.6) is 0 Å². The average Bonchev–Trinajstić information content (AvgIpc) is 2.29. The predicted octanol–water partition coefficient (Wildman–Crippen LogP) is 4.07. The van der Waals surface area contributed by atoms with Gasteiger partial charge in [0.05, 0.1) is 12.7 Å². The van der Waals surface area contributed by atoms with Gasteiger partial charge in [-0.3, -0.25) is 0 Å². The maximum Gasteiger partial charge on any atom is 0.0603 e. The van der Waals surface area contributed by atoms with Crippen molar-refractivity contribution in [1.29, 1.82) is 0 Å². The molecule has 0 amide bonds. The van der Waals surface area contributed by atoms with Gasteiger partial charge in [0, 0.05) is 5.41 Å². The van der Waals surface area contributed by atoms with Gasteiger partial charge in [0.2, 0.25) is 0 Å². The Balaban J connectivity index is 1.79. The quantitative estimate of drug-likeness (QED) is 0.715. The number of thiol groups is 1. The largest absolute Gasteiger partial charge is 0.377 e. The Bertz CT molecular complexity index is 207. The lowest BCUT2D eigenvalue weighted by Gasteiger charge is -2.42. The molecule has 0 aromatic carbocycles. The highest BCUT2D eigenvalue weighted by Gasteiger charge is 2.37. The van der Waals surface area contributed by atoms with Crippen molar-refractivity contribution in [2.75, 3.05) is 12.4 Å². The minimum Gasteiger partial charge on any atom is -0.377 e. The summed E-state index contributed by atoms with van der Waals surface area (Å²) < 4.78 is 6.24. The minimum atomic E-state index is 0.443. The third-order valence-corrected chi connectivity index (χ3v) is 5.39. The van der Waals surface area contributed by atoms with E-state index in [2.05, 4.69) is 19.6 Å². The molecule has 0 aromatic heterocycles. The normalized spacial score (nSPS) is 33.4. The molecule has 0 saturated heterocycles. The van der Waals surface area contributed by atoms with Gasteiger partial charge in [-0.15, -0.1) is 0 Å². The second-order valence-corrected chi connectivity index (χ2v) is 6.13. The monoisotopic (exact) mass is 242 g/mol. The zero-order valence-electron chi connectivity index (χ0n) is 10.6. The maximum atomic E-state index is 6.24. The van der Waals surface area contributed by atoms with Crippen LogP contribution in [0.15, 0.2) is 0 Å². The molecule has 2 aliphatic carbocycles. The van der Waals surface area contributed by atoms with Crippen LogP contribution in [0.25, 0.3) is 0 Å². The van der Waals surface area contributed by atoms with Crippen LogP contribution in [-0.4, -0.2) is 18.5 Å². The first-order chi connectivity index (χ1) is 7.79. The van der Waals surface area contributed by atoms with Crippen LogP contribution < -0.4 is 0 Å². The zero-order valence-corrected chi connectivity index (χ0v) is 11.5. The molecule has 1 nitrogen and oxygen atoms in total. The van der Waals surface area contributed by atoms with Gasteiger partial charge in [-0.05, 0) is 37.4 Å². The summed E-state index contributed by atoms with van der Waals surface area (Å²) >= 11 is 4.50. The SMILES string of the molecule is CCC1CCCCC1OCC1(CS)CCC1. The highest BCUT2D eigenvalue weighted by molar-refractivity contribution is 7.80. The number of hydrogen-bond acceptors (Lipinski definition) is 2. The van der Waals surface area contributed by atoms with Crippen LogP contribution in [0.2, 0.25) is 0 Å². The van der Waals surface area contributed by atoms with Crippen molar-refractivity contribution in [1.82, 2.24) is 0 Å². The lowest BCUT2D eigenvalue weighted by Crippen LogP contribution is -2.39. The van der Waals surface area contributed by atoms with Crippen LogP contribution >= 0.6 is 12.6 Å². The molecule has 0 aliphatic heterocycles. The summed E-state index contributed by atoms with van der Waals surface area (Å²) in [4.78, 5) is 0. The number of ether oxygens (including phenoxy) is 1. The summed E-state index contributed by atoms with van der Waals surface area (Å²) in [6.45, 7) is 3.28. The summed E-state index contributed by atoms with van der Waals surface area (Å²) in [5.41, 5.74) is 0.443. The fraction of sp³-hybridized carbons (Fsp3) is 1.00. The molecule has 2 aliphatic rings. The average molecular weight is 242 g/mol. The third-order valence-electron chi connectivity index (χ3n) is 4.72. The molecule has 0 radical (unpaired) electrons. The fourth-order valence-electron chi connectivity index (χ4n) is 3.17. The van der Waals surface area contributed by atoms with E-state index in [0.717, 1.165) is 18.3 Å². The molecule has 2 fully saturated rings. The van der Waals surface area contributed by atoms with Gasteiger partial charge in [0.1, 0.15) is 0 Å². The Morgan fingerprint density at radius 3 is 2.50 bits per heavy atom. The first kappa shape index (κ1) is 12.8. The van der Waals surface area contributed by atoms with Crippen LogP contribution in [-0.2, 0) is 4.74 Å². The van der Waals surface area contributed by atoms with Crippen LogP contribution in [0.3, 0.4) is 0 Å². The molecular formula is C14H26OS. The van der Waals surface area contributed by atoms with Gasteiger partial charge < -0.3 is 4.74 Å². The molecule has 2 saturated carbocycles. The number of hydrogen-bond donors (Lipinski definition) is 1. The van der Waals surface area contributed by atoms with E-state index in [4.69, 9.17) is 4.74 Å². The van der Waals surface area contributed by atoms with Gasteiger partial charge in [-0.25, -0.2) is 0 Å². The molecule has 0 heterocycles. The molecule has 0 spiro atoms. The molecule has 2 heteroatoms. The summed E-state index contributed by atoms with van der Waals surface area (Å²) in [5, 5.41) is 0. The highest BCUT2D eigenvalue weighted by atomic mass is 32.1. The minimum absolute atomic E-state index is 0.443. The molecule has 2 rings (SSSR count). The van der Waals surface area contributed by atoms with Gasteiger partial charge in [-0.2, -0.15) is 12.6 Å². The van der Waals surface area contributed by atoms with E-state index in [1.165, 1.54) is 51.4 Å². The maximum absolute atomic E-state index is 6.24. The third kappa shape index (κ3) is 2.76. The van der Waals surface area contributed by atoms with E-state index in [1.54, 1.807) is 0 Å². The first-order valence-electron chi connectivity index (χ1n) is 7.02.